The number of nitrogens with one attached hydrogen (secondary N) is 1. The highest BCUT2D eigenvalue weighted by Crippen LogP contribution is 2.18. The molecule has 2 heterocycles. The van der Waals surface area contributed by atoms with Gasteiger partial charge in [0.1, 0.15) is 0 Å². The Balaban J connectivity index is 1.94. The van der Waals surface area contributed by atoms with Crippen LogP contribution >= 0.6 is 11.6 Å². The number of hydrogen-bond donors (Lipinski definition) is 2. The Labute approximate surface area is 122 Å². The van der Waals surface area contributed by atoms with Crippen LogP contribution in [0.25, 0.3) is 0 Å². The molecule has 1 aromatic rings. The fourth-order valence-corrected chi connectivity index (χ4v) is 2.65. The van der Waals surface area contributed by atoms with Gasteiger partial charge >= 0.3 is 0 Å². The Morgan fingerprint density at radius 1 is 1.25 bits per heavy atom. The average Bonchev–Trinajstić information content (AvgIpc) is 2.86. The van der Waals surface area contributed by atoms with Gasteiger partial charge in [-0.2, -0.15) is 15.0 Å². The minimum Gasteiger partial charge on any atom is -0.354 e. The minimum absolute atomic E-state index is 0.0855. The molecule has 1 fully saturated rings. The van der Waals surface area contributed by atoms with Gasteiger partial charge < -0.3 is 10.2 Å². The van der Waals surface area contributed by atoms with Crippen LogP contribution in [0, 0.1) is 0 Å². The van der Waals surface area contributed by atoms with E-state index in [2.05, 4.69) is 20.3 Å². The highest BCUT2D eigenvalue weighted by molar-refractivity contribution is 7.89. The van der Waals surface area contributed by atoms with Crippen molar-refractivity contribution >= 4 is 33.5 Å². The van der Waals surface area contributed by atoms with Crippen LogP contribution in [-0.2, 0) is 10.0 Å². The van der Waals surface area contributed by atoms with Crippen LogP contribution in [0.2, 0.25) is 5.28 Å². The smallest absolute Gasteiger partial charge is 0.231 e. The zero-order valence-corrected chi connectivity index (χ0v) is 12.5. The Kier molecular flexibility index (Phi) is 4.95. The fraction of sp³-hybridized carbons (Fsp3) is 0.700. The summed E-state index contributed by atoms with van der Waals surface area (Å²) in [5.74, 6) is 0.815. The number of aromatic nitrogens is 3. The summed E-state index contributed by atoms with van der Waals surface area (Å²) < 4.78 is 21.6. The van der Waals surface area contributed by atoms with Crippen molar-refractivity contribution in [1.82, 2.24) is 15.0 Å². The van der Waals surface area contributed by atoms with Gasteiger partial charge in [0.15, 0.2) is 0 Å². The standard InChI is InChI=1S/C10H17ClN6O2S/c11-8-14-9(13-4-3-7-20(12,18)19)16-10(15-8)17-5-1-2-6-17/h1-7H2,(H2,12,18,19)(H,13,14,15,16). The third-order valence-corrected chi connectivity index (χ3v) is 3.90. The summed E-state index contributed by atoms with van der Waals surface area (Å²) in [7, 11) is -3.44. The maximum Gasteiger partial charge on any atom is 0.231 e. The fourth-order valence-electron chi connectivity index (χ4n) is 1.95. The molecule has 1 aliphatic rings. The number of sulfonamides is 1. The van der Waals surface area contributed by atoms with E-state index in [0.717, 1.165) is 25.9 Å². The number of anilines is 2. The van der Waals surface area contributed by atoms with Gasteiger partial charge in [-0.25, -0.2) is 13.6 Å². The van der Waals surface area contributed by atoms with Crippen molar-refractivity contribution in [3.8, 4) is 0 Å². The van der Waals surface area contributed by atoms with E-state index in [1.165, 1.54) is 0 Å². The monoisotopic (exact) mass is 320 g/mol. The predicted molar refractivity (Wildman–Crippen MR) is 77.4 cm³/mol. The van der Waals surface area contributed by atoms with Gasteiger partial charge in [-0.05, 0) is 30.9 Å². The van der Waals surface area contributed by atoms with Gasteiger partial charge in [-0.1, -0.05) is 0 Å². The SMILES string of the molecule is NS(=O)(=O)CCCNc1nc(Cl)nc(N2CCCC2)n1. The van der Waals surface area contributed by atoms with Gasteiger partial charge in [0.05, 0.1) is 5.75 Å². The molecule has 0 amide bonds. The van der Waals surface area contributed by atoms with Crippen molar-refractivity contribution in [2.75, 3.05) is 35.6 Å². The van der Waals surface area contributed by atoms with Gasteiger partial charge in [-0.15, -0.1) is 0 Å². The molecule has 0 atom stereocenters. The summed E-state index contributed by atoms with van der Waals surface area (Å²) in [6.45, 7) is 2.21. The van der Waals surface area contributed by atoms with Crippen LogP contribution < -0.4 is 15.4 Å². The predicted octanol–water partition coefficient (Wildman–Crippen LogP) is 0.216. The average molecular weight is 321 g/mol. The first-order valence-corrected chi connectivity index (χ1v) is 8.44. The molecular formula is C10H17ClN6O2S. The molecule has 0 saturated carbocycles. The van der Waals surface area contributed by atoms with Crippen molar-refractivity contribution < 1.29 is 8.42 Å². The lowest BCUT2D eigenvalue weighted by Crippen LogP contribution is -2.22. The molecule has 0 spiro atoms. The van der Waals surface area contributed by atoms with E-state index in [1.54, 1.807) is 0 Å². The third-order valence-electron chi connectivity index (χ3n) is 2.87. The molecule has 0 aromatic carbocycles. The third kappa shape index (κ3) is 4.73. The number of hydrogen-bond acceptors (Lipinski definition) is 7. The molecule has 1 saturated heterocycles. The molecule has 10 heteroatoms. The van der Waals surface area contributed by atoms with E-state index in [4.69, 9.17) is 16.7 Å². The van der Waals surface area contributed by atoms with Gasteiger partial charge in [0.25, 0.3) is 0 Å². The number of halogens is 1. The number of rotatable bonds is 6. The lowest BCUT2D eigenvalue weighted by atomic mass is 10.4. The molecule has 0 unspecified atom stereocenters. The van der Waals surface area contributed by atoms with Gasteiger partial charge in [-0.3, -0.25) is 0 Å². The molecule has 1 aliphatic heterocycles. The Morgan fingerprint density at radius 2 is 1.95 bits per heavy atom. The summed E-state index contributed by atoms with van der Waals surface area (Å²) in [4.78, 5) is 14.4. The molecule has 1 aromatic heterocycles. The molecule has 20 heavy (non-hydrogen) atoms. The van der Waals surface area contributed by atoms with Crippen molar-refractivity contribution in [3.05, 3.63) is 5.28 Å². The van der Waals surface area contributed by atoms with Crippen LogP contribution in [-0.4, -0.2) is 48.8 Å². The van der Waals surface area contributed by atoms with E-state index < -0.39 is 10.0 Å². The molecule has 112 valence electrons. The van der Waals surface area contributed by atoms with Crippen molar-refractivity contribution in [2.45, 2.75) is 19.3 Å². The maximum absolute atomic E-state index is 10.8. The van der Waals surface area contributed by atoms with Crippen LogP contribution in [0.1, 0.15) is 19.3 Å². The van der Waals surface area contributed by atoms with Gasteiger partial charge in [0.2, 0.25) is 27.2 Å². The number of primary sulfonamides is 1. The summed E-state index contributed by atoms with van der Waals surface area (Å²) in [5.41, 5.74) is 0. The summed E-state index contributed by atoms with van der Waals surface area (Å²) in [6, 6.07) is 0. The first-order chi connectivity index (χ1) is 9.44. The highest BCUT2D eigenvalue weighted by atomic mass is 35.5. The first-order valence-electron chi connectivity index (χ1n) is 6.35. The Hall–Kier alpha value is -1.19. The largest absolute Gasteiger partial charge is 0.354 e. The second-order valence-corrected chi connectivity index (χ2v) is 6.64. The van der Waals surface area contributed by atoms with E-state index in [1.807, 2.05) is 4.90 Å². The molecular weight excluding hydrogens is 304 g/mol. The van der Waals surface area contributed by atoms with E-state index in [9.17, 15) is 8.42 Å². The van der Waals surface area contributed by atoms with Crippen molar-refractivity contribution in [1.29, 1.82) is 0 Å². The molecule has 8 nitrogen and oxygen atoms in total. The van der Waals surface area contributed by atoms with Crippen LogP contribution in [0.5, 0.6) is 0 Å². The highest BCUT2D eigenvalue weighted by Gasteiger charge is 2.16. The van der Waals surface area contributed by atoms with Crippen molar-refractivity contribution in [3.63, 3.8) is 0 Å². The summed E-state index contributed by atoms with van der Waals surface area (Å²) in [5, 5.41) is 7.97. The summed E-state index contributed by atoms with van der Waals surface area (Å²) in [6.07, 6.45) is 2.60. The van der Waals surface area contributed by atoms with Gasteiger partial charge in [0, 0.05) is 19.6 Å². The van der Waals surface area contributed by atoms with Crippen LogP contribution in [0.4, 0.5) is 11.9 Å². The number of nitrogens with zero attached hydrogens (tertiary/aromatic N) is 4. The van der Waals surface area contributed by atoms with Crippen LogP contribution in [0.3, 0.4) is 0 Å². The topological polar surface area (TPSA) is 114 Å². The summed E-state index contributed by atoms with van der Waals surface area (Å²) >= 11 is 5.87. The Bertz CT molecular complexity index is 561. The zero-order chi connectivity index (χ0) is 14.6. The second kappa shape index (κ2) is 6.51. The van der Waals surface area contributed by atoms with Crippen LogP contribution in [0.15, 0.2) is 0 Å². The minimum atomic E-state index is -3.44. The second-order valence-electron chi connectivity index (χ2n) is 4.57. The van der Waals surface area contributed by atoms with E-state index in [0.29, 0.717) is 24.9 Å². The lowest BCUT2D eigenvalue weighted by Gasteiger charge is -2.15. The van der Waals surface area contributed by atoms with E-state index in [-0.39, 0.29) is 11.0 Å². The number of nitrogens with two attached hydrogens (primary N) is 1. The molecule has 2 rings (SSSR count). The molecule has 0 radical (unpaired) electrons. The van der Waals surface area contributed by atoms with E-state index >= 15 is 0 Å². The molecule has 0 aliphatic carbocycles. The zero-order valence-electron chi connectivity index (χ0n) is 10.9. The Morgan fingerprint density at radius 3 is 2.60 bits per heavy atom. The molecule has 3 N–H and O–H groups in total. The lowest BCUT2D eigenvalue weighted by molar-refractivity contribution is 0.595. The normalized spacial score (nSPS) is 15.6. The first kappa shape index (κ1) is 15.2. The quantitative estimate of drug-likeness (QED) is 0.720. The molecule has 0 bridgehead atoms. The maximum atomic E-state index is 10.8. The van der Waals surface area contributed by atoms with Crippen molar-refractivity contribution in [2.24, 2.45) is 5.14 Å².